The van der Waals surface area contributed by atoms with Crippen LogP contribution in [-0.2, 0) is 22.2 Å². The van der Waals surface area contributed by atoms with Crippen molar-refractivity contribution < 1.29 is 23.9 Å². The van der Waals surface area contributed by atoms with Crippen molar-refractivity contribution in [2.45, 2.75) is 84.6 Å². The number of amides is 1. The molecule has 3 aromatic carbocycles. The van der Waals surface area contributed by atoms with Crippen LogP contribution in [0.3, 0.4) is 0 Å². The number of nitro groups is 1. The first-order valence-corrected chi connectivity index (χ1v) is 16.3. The van der Waals surface area contributed by atoms with Gasteiger partial charge in [-0.3, -0.25) is 14.9 Å². The van der Waals surface area contributed by atoms with Crippen molar-refractivity contribution in [3.8, 4) is 17.2 Å². The highest BCUT2D eigenvalue weighted by molar-refractivity contribution is 5.91. The first kappa shape index (κ1) is 34.5. The standard InChI is InChI=1S/C38H48N2O6/c1-7-37(3,4)30-15-19-33(32(26-30)38(5,6)8-2)44-22-10-9-21-39(27-29-13-18-34-35(25-29)46-24-23-45-34)36(41)20-14-28-11-16-31(17-12-28)40(42)43/h11-20,25-26H,7-10,21-24,27H2,1-6H3. The van der Waals surface area contributed by atoms with Crippen molar-refractivity contribution in [2.75, 3.05) is 26.4 Å². The van der Waals surface area contributed by atoms with Crippen molar-refractivity contribution in [3.05, 3.63) is 99.1 Å². The largest absolute Gasteiger partial charge is 0.493 e. The monoisotopic (exact) mass is 628 g/mol. The van der Waals surface area contributed by atoms with Crippen LogP contribution in [0.1, 0.15) is 89.5 Å². The number of hydrogen-bond acceptors (Lipinski definition) is 6. The third-order valence-corrected chi connectivity index (χ3v) is 9.15. The van der Waals surface area contributed by atoms with E-state index in [1.807, 2.05) is 18.2 Å². The molecule has 0 N–H and O–H groups in total. The van der Waals surface area contributed by atoms with E-state index in [2.05, 4.69) is 59.7 Å². The van der Waals surface area contributed by atoms with Crippen LogP contribution in [0.2, 0.25) is 0 Å². The molecule has 0 radical (unpaired) electrons. The van der Waals surface area contributed by atoms with E-state index in [0.29, 0.717) is 50.0 Å². The van der Waals surface area contributed by atoms with Crippen LogP contribution in [0.25, 0.3) is 6.08 Å². The highest BCUT2D eigenvalue weighted by Crippen LogP contribution is 2.38. The highest BCUT2D eigenvalue weighted by Gasteiger charge is 2.26. The molecular weight excluding hydrogens is 580 g/mol. The lowest BCUT2D eigenvalue weighted by molar-refractivity contribution is -0.384. The van der Waals surface area contributed by atoms with Gasteiger partial charge >= 0.3 is 0 Å². The van der Waals surface area contributed by atoms with Crippen molar-refractivity contribution in [3.63, 3.8) is 0 Å². The molecule has 46 heavy (non-hydrogen) atoms. The lowest BCUT2D eigenvalue weighted by atomic mass is 9.76. The van der Waals surface area contributed by atoms with E-state index < -0.39 is 4.92 Å². The van der Waals surface area contributed by atoms with Gasteiger partial charge in [-0.2, -0.15) is 0 Å². The van der Waals surface area contributed by atoms with Gasteiger partial charge in [0.25, 0.3) is 5.69 Å². The SMILES string of the molecule is CCC(C)(C)c1ccc(OCCCCN(Cc2ccc3c(c2)OCCO3)C(=O)C=Cc2ccc([N+](=O)[O-])cc2)c(C(C)(C)CC)c1. The summed E-state index contributed by atoms with van der Waals surface area (Å²) in [6.45, 7) is 16.0. The summed E-state index contributed by atoms with van der Waals surface area (Å²) in [5, 5.41) is 11.0. The second kappa shape index (κ2) is 15.3. The molecule has 0 spiro atoms. The maximum absolute atomic E-state index is 13.4. The number of carbonyl (C=O) groups is 1. The van der Waals surface area contributed by atoms with Crippen molar-refractivity contribution in [2.24, 2.45) is 0 Å². The summed E-state index contributed by atoms with van der Waals surface area (Å²) >= 11 is 0. The van der Waals surface area contributed by atoms with Gasteiger partial charge in [0.15, 0.2) is 11.5 Å². The number of ether oxygens (including phenoxy) is 3. The summed E-state index contributed by atoms with van der Waals surface area (Å²) in [5.41, 5.74) is 4.31. The Morgan fingerprint density at radius 3 is 2.28 bits per heavy atom. The third-order valence-electron chi connectivity index (χ3n) is 9.15. The number of hydrogen-bond donors (Lipinski definition) is 0. The van der Waals surface area contributed by atoms with Gasteiger partial charge in [0, 0.05) is 36.9 Å². The second-order valence-corrected chi connectivity index (χ2v) is 13.2. The topological polar surface area (TPSA) is 91.1 Å². The predicted molar refractivity (Wildman–Crippen MR) is 183 cm³/mol. The van der Waals surface area contributed by atoms with E-state index in [-0.39, 0.29) is 22.4 Å². The van der Waals surface area contributed by atoms with Crippen LogP contribution < -0.4 is 14.2 Å². The van der Waals surface area contributed by atoms with E-state index in [1.54, 1.807) is 23.1 Å². The van der Waals surface area contributed by atoms with Crippen molar-refractivity contribution in [1.82, 2.24) is 4.90 Å². The molecule has 0 saturated heterocycles. The van der Waals surface area contributed by atoms with Gasteiger partial charge < -0.3 is 19.1 Å². The van der Waals surface area contributed by atoms with E-state index in [9.17, 15) is 14.9 Å². The molecule has 1 amide bonds. The van der Waals surface area contributed by atoms with Gasteiger partial charge in [-0.15, -0.1) is 0 Å². The number of benzene rings is 3. The molecule has 0 aliphatic carbocycles. The molecule has 0 atom stereocenters. The molecule has 1 aliphatic heterocycles. The summed E-state index contributed by atoms with van der Waals surface area (Å²) < 4.78 is 17.8. The van der Waals surface area contributed by atoms with E-state index in [0.717, 1.165) is 37.0 Å². The van der Waals surface area contributed by atoms with E-state index in [1.165, 1.54) is 29.3 Å². The van der Waals surface area contributed by atoms with Crippen LogP contribution in [-0.4, -0.2) is 42.1 Å². The number of non-ortho nitro benzene ring substituents is 1. The normalized spacial score (nSPS) is 13.1. The smallest absolute Gasteiger partial charge is 0.269 e. The fourth-order valence-corrected chi connectivity index (χ4v) is 5.24. The number of fused-ring (bicyclic) bond motifs is 1. The Morgan fingerprint density at radius 1 is 0.913 bits per heavy atom. The maximum Gasteiger partial charge on any atom is 0.269 e. The molecule has 0 saturated carbocycles. The molecule has 1 heterocycles. The van der Waals surface area contributed by atoms with Gasteiger partial charge in [0.05, 0.1) is 11.5 Å². The summed E-state index contributed by atoms with van der Waals surface area (Å²) in [4.78, 5) is 25.8. The Morgan fingerprint density at radius 2 is 1.61 bits per heavy atom. The van der Waals surface area contributed by atoms with Crippen LogP contribution in [0, 0.1) is 10.1 Å². The molecule has 0 unspecified atom stereocenters. The fraction of sp³-hybridized carbons (Fsp3) is 0.447. The van der Waals surface area contributed by atoms with E-state index >= 15 is 0 Å². The Kier molecular flexibility index (Phi) is 11.5. The number of nitro benzene ring substituents is 1. The first-order chi connectivity index (χ1) is 21.9. The fourth-order valence-electron chi connectivity index (χ4n) is 5.24. The zero-order chi connectivity index (χ0) is 33.3. The van der Waals surface area contributed by atoms with Gasteiger partial charge in [0.2, 0.25) is 5.91 Å². The Bertz CT molecular complexity index is 1530. The zero-order valence-corrected chi connectivity index (χ0v) is 28.1. The molecule has 0 fully saturated rings. The molecule has 3 aromatic rings. The van der Waals surface area contributed by atoms with Crippen LogP contribution >= 0.6 is 0 Å². The number of nitrogens with zero attached hydrogens (tertiary/aromatic N) is 2. The summed E-state index contributed by atoms with van der Waals surface area (Å²) in [5.74, 6) is 2.18. The molecule has 0 bridgehead atoms. The minimum absolute atomic E-state index is 0.0112. The van der Waals surface area contributed by atoms with Gasteiger partial charge in [-0.05, 0) is 89.6 Å². The summed E-state index contributed by atoms with van der Waals surface area (Å²) in [6.07, 6.45) is 6.81. The average molecular weight is 629 g/mol. The van der Waals surface area contributed by atoms with Gasteiger partial charge in [0.1, 0.15) is 19.0 Å². The molecular formula is C38H48N2O6. The zero-order valence-electron chi connectivity index (χ0n) is 28.1. The Hall–Kier alpha value is -4.33. The lowest BCUT2D eigenvalue weighted by Gasteiger charge is -2.30. The van der Waals surface area contributed by atoms with Crippen LogP contribution in [0.15, 0.2) is 66.7 Å². The first-order valence-electron chi connectivity index (χ1n) is 16.3. The maximum atomic E-state index is 13.4. The van der Waals surface area contributed by atoms with Crippen LogP contribution in [0.4, 0.5) is 5.69 Å². The molecule has 246 valence electrons. The van der Waals surface area contributed by atoms with Gasteiger partial charge in [-0.25, -0.2) is 0 Å². The summed E-state index contributed by atoms with van der Waals surface area (Å²) in [7, 11) is 0. The number of rotatable bonds is 15. The minimum atomic E-state index is -0.439. The molecule has 1 aliphatic rings. The van der Waals surface area contributed by atoms with E-state index in [4.69, 9.17) is 14.2 Å². The lowest BCUT2D eigenvalue weighted by Crippen LogP contribution is -2.30. The number of unbranched alkanes of at least 4 members (excludes halogenated alkanes) is 1. The Labute approximate surface area is 273 Å². The predicted octanol–water partition coefficient (Wildman–Crippen LogP) is 8.64. The van der Waals surface area contributed by atoms with Crippen LogP contribution in [0.5, 0.6) is 17.2 Å². The molecule has 0 aromatic heterocycles. The molecule has 4 rings (SSSR count). The van der Waals surface area contributed by atoms with Gasteiger partial charge in [-0.1, -0.05) is 59.7 Å². The average Bonchev–Trinajstić information content (AvgIpc) is 3.06. The number of carbonyl (C=O) groups excluding carboxylic acids is 1. The quantitative estimate of drug-likeness (QED) is 0.0724. The Balaban J connectivity index is 1.43. The third kappa shape index (κ3) is 8.89. The molecule has 8 nitrogen and oxygen atoms in total. The highest BCUT2D eigenvalue weighted by atomic mass is 16.6. The summed E-state index contributed by atoms with van der Waals surface area (Å²) in [6, 6.07) is 18.5. The molecule has 8 heteroatoms. The van der Waals surface area contributed by atoms with Crippen molar-refractivity contribution >= 4 is 17.7 Å². The second-order valence-electron chi connectivity index (χ2n) is 13.2. The van der Waals surface area contributed by atoms with Crippen molar-refractivity contribution in [1.29, 1.82) is 0 Å². The minimum Gasteiger partial charge on any atom is -0.493 e.